The Kier molecular flexibility index (Phi) is 4.40. The number of rotatable bonds is 6. The third-order valence-electron chi connectivity index (χ3n) is 2.87. The van der Waals surface area contributed by atoms with E-state index in [1.54, 1.807) is 18.1 Å². The van der Waals surface area contributed by atoms with Gasteiger partial charge in [-0.3, -0.25) is 4.68 Å². The SMILES string of the molecule is CCNC(Cc1ncnn1C)c1cc(OC)ncn1. The Balaban J connectivity index is 2.21. The van der Waals surface area contributed by atoms with E-state index in [1.165, 1.54) is 6.33 Å². The molecule has 0 fully saturated rings. The summed E-state index contributed by atoms with van der Waals surface area (Å²) in [6.45, 7) is 2.90. The van der Waals surface area contributed by atoms with Crippen LogP contribution in [-0.2, 0) is 13.5 Å². The van der Waals surface area contributed by atoms with Gasteiger partial charge in [-0.15, -0.1) is 0 Å². The highest BCUT2D eigenvalue weighted by atomic mass is 16.5. The van der Waals surface area contributed by atoms with Crippen LogP contribution in [0.3, 0.4) is 0 Å². The number of methoxy groups -OCH3 is 1. The van der Waals surface area contributed by atoms with Crippen molar-refractivity contribution in [1.29, 1.82) is 0 Å². The summed E-state index contributed by atoms with van der Waals surface area (Å²) in [5, 5.41) is 7.47. The van der Waals surface area contributed by atoms with Crippen LogP contribution in [0, 0.1) is 0 Å². The number of likely N-dealkylation sites (N-methyl/N-ethyl adjacent to an activating group) is 1. The predicted molar refractivity (Wildman–Crippen MR) is 69.7 cm³/mol. The van der Waals surface area contributed by atoms with Crippen LogP contribution in [0.5, 0.6) is 5.88 Å². The molecule has 7 heteroatoms. The van der Waals surface area contributed by atoms with Gasteiger partial charge in [0.15, 0.2) is 0 Å². The molecule has 0 radical (unpaired) electrons. The van der Waals surface area contributed by atoms with Crippen molar-refractivity contribution in [3.8, 4) is 5.88 Å². The smallest absolute Gasteiger partial charge is 0.216 e. The highest BCUT2D eigenvalue weighted by molar-refractivity contribution is 5.17. The average molecular weight is 262 g/mol. The van der Waals surface area contributed by atoms with Gasteiger partial charge in [0.05, 0.1) is 18.8 Å². The predicted octanol–water partition coefficient (Wildman–Crippen LogP) is 0.507. The third-order valence-corrected chi connectivity index (χ3v) is 2.87. The second-order valence-corrected chi connectivity index (χ2v) is 4.10. The quantitative estimate of drug-likeness (QED) is 0.817. The number of hydrogen-bond donors (Lipinski definition) is 1. The van der Waals surface area contributed by atoms with Gasteiger partial charge in [0.1, 0.15) is 18.5 Å². The molecule has 2 rings (SSSR count). The van der Waals surface area contributed by atoms with Gasteiger partial charge in [0.2, 0.25) is 5.88 Å². The molecular weight excluding hydrogens is 244 g/mol. The van der Waals surface area contributed by atoms with Gasteiger partial charge in [-0.2, -0.15) is 5.10 Å². The molecule has 1 atom stereocenters. The van der Waals surface area contributed by atoms with Crippen LogP contribution in [0.1, 0.15) is 24.5 Å². The molecule has 0 spiro atoms. The number of nitrogens with zero attached hydrogens (tertiary/aromatic N) is 5. The van der Waals surface area contributed by atoms with Gasteiger partial charge < -0.3 is 10.1 Å². The van der Waals surface area contributed by atoms with Crippen LogP contribution >= 0.6 is 0 Å². The van der Waals surface area contributed by atoms with E-state index in [0.717, 1.165) is 18.1 Å². The summed E-state index contributed by atoms with van der Waals surface area (Å²) in [6, 6.07) is 1.90. The number of nitrogens with one attached hydrogen (secondary N) is 1. The second-order valence-electron chi connectivity index (χ2n) is 4.10. The van der Waals surface area contributed by atoms with Crippen molar-refractivity contribution in [2.45, 2.75) is 19.4 Å². The van der Waals surface area contributed by atoms with Crippen molar-refractivity contribution in [2.24, 2.45) is 7.05 Å². The number of aryl methyl sites for hydroxylation is 1. The summed E-state index contributed by atoms with van der Waals surface area (Å²) >= 11 is 0. The molecule has 0 aliphatic carbocycles. The minimum Gasteiger partial charge on any atom is -0.481 e. The summed E-state index contributed by atoms with van der Waals surface area (Å²) in [6.07, 6.45) is 3.78. The molecular formula is C12H18N6O. The van der Waals surface area contributed by atoms with Gasteiger partial charge in [0, 0.05) is 19.5 Å². The summed E-state index contributed by atoms with van der Waals surface area (Å²) in [7, 11) is 3.48. The first kappa shape index (κ1) is 13.4. The minimum absolute atomic E-state index is 0.0600. The van der Waals surface area contributed by atoms with Gasteiger partial charge in [-0.05, 0) is 6.54 Å². The van der Waals surface area contributed by atoms with Crippen molar-refractivity contribution < 1.29 is 4.74 Å². The molecule has 2 aromatic heterocycles. The zero-order valence-electron chi connectivity index (χ0n) is 11.4. The molecule has 19 heavy (non-hydrogen) atoms. The Morgan fingerprint density at radius 2 is 2.16 bits per heavy atom. The lowest BCUT2D eigenvalue weighted by Gasteiger charge is -2.17. The molecule has 2 heterocycles. The number of aromatic nitrogens is 5. The molecule has 102 valence electrons. The summed E-state index contributed by atoms with van der Waals surface area (Å²) in [5.74, 6) is 1.47. The Morgan fingerprint density at radius 3 is 2.79 bits per heavy atom. The van der Waals surface area contributed by atoms with E-state index in [4.69, 9.17) is 4.74 Å². The molecule has 0 aliphatic heterocycles. The summed E-state index contributed by atoms with van der Waals surface area (Å²) < 4.78 is 6.90. The number of hydrogen-bond acceptors (Lipinski definition) is 6. The lowest BCUT2D eigenvalue weighted by Crippen LogP contribution is -2.25. The molecule has 7 nitrogen and oxygen atoms in total. The summed E-state index contributed by atoms with van der Waals surface area (Å²) in [5.41, 5.74) is 0.886. The average Bonchev–Trinajstić information content (AvgIpc) is 2.84. The molecule has 0 saturated heterocycles. The topological polar surface area (TPSA) is 77.8 Å². The fourth-order valence-corrected chi connectivity index (χ4v) is 1.87. The molecule has 0 amide bonds. The second kappa shape index (κ2) is 6.24. The standard InChI is InChI=1S/C12H18N6O/c1-4-13-9(5-11-15-8-17-18(11)2)10-6-12(19-3)16-7-14-10/h6-9,13H,4-5H2,1-3H3. The minimum atomic E-state index is 0.0600. The largest absolute Gasteiger partial charge is 0.481 e. The van der Waals surface area contributed by atoms with Crippen LogP contribution in [0.25, 0.3) is 0 Å². The van der Waals surface area contributed by atoms with E-state index in [-0.39, 0.29) is 6.04 Å². The zero-order valence-corrected chi connectivity index (χ0v) is 11.4. The Morgan fingerprint density at radius 1 is 1.32 bits per heavy atom. The first-order valence-corrected chi connectivity index (χ1v) is 6.16. The number of ether oxygens (including phenoxy) is 1. The maximum absolute atomic E-state index is 5.13. The van der Waals surface area contributed by atoms with E-state index in [0.29, 0.717) is 12.3 Å². The van der Waals surface area contributed by atoms with Crippen molar-refractivity contribution in [1.82, 2.24) is 30.0 Å². The van der Waals surface area contributed by atoms with E-state index in [2.05, 4.69) is 32.3 Å². The van der Waals surface area contributed by atoms with E-state index < -0.39 is 0 Å². The molecule has 0 aliphatic rings. The van der Waals surface area contributed by atoms with Crippen LogP contribution < -0.4 is 10.1 Å². The van der Waals surface area contributed by atoms with Gasteiger partial charge >= 0.3 is 0 Å². The maximum atomic E-state index is 5.13. The van der Waals surface area contributed by atoms with E-state index >= 15 is 0 Å². The summed E-state index contributed by atoms with van der Waals surface area (Å²) in [4.78, 5) is 12.6. The van der Waals surface area contributed by atoms with Crippen LogP contribution in [0.4, 0.5) is 0 Å². The highest BCUT2D eigenvalue weighted by Gasteiger charge is 2.16. The Hall–Kier alpha value is -2.02. The van der Waals surface area contributed by atoms with Gasteiger partial charge in [0.25, 0.3) is 0 Å². The highest BCUT2D eigenvalue weighted by Crippen LogP contribution is 2.17. The normalized spacial score (nSPS) is 12.4. The van der Waals surface area contributed by atoms with E-state index in [1.807, 2.05) is 13.1 Å². The lowest BCUT2D eigenvalue weighted by atomic mass is 10.1. The van der Waals surface area contributed by atoms with Gasteiger partial charge in [-0.25, -0.2) is 15.0 Å². The first-order valence-electron chi connectivity index (χ1n) is 6.16. The van der Waals surface area contributed by atoms with Crippen molar-refractivity contribution in [3.63, 3.8) is 0 Å². The monoisotopic (exact) mass is 262 g/mol. The van der Waals surface area contributed by atoms with Crippen molar-refractivity contribution >= 4 is 0 Å². The first-order chi connectivity index (χ1) is 9.24. The Labute approximate surface area is 112 Å². The van der Waals surface area contributed by atoms with Crippen LogP contribution in [0.2, 0.25) is 0 Å². The Bertz CT molecular complexity index is 526. The molecule has 0 saturated carbocycles. The fourth-order valence-electron chi connectivity index (χ4n) is 1.87. The van der Waals surface area contributed by atoms with Crippen LogP contribution in [0.15, 0.2) is 18.7 Å². The third kappa shape index (κ3) is 3.25. The molecule has 1 unspecified atom stereocenters. The molecule has 2 aromatic rings. The van der Waals surface area contributed by atoms with Crippen LogP contribution in [-0.4, -0.2) is 38.4 Å². The van der Waals surface area contributed by atoms with Crippen molar-refractivity contribution in [2.75, 3.05) is 13.7 Å². The molecule has 0 aromatic carbocycles. The van der Waals surface area contributed by atoms with Gasteiger partial charge in [-0.1, -0.05) is 6.92 Å². The van der Waals surface area contributed by atoms with E-state index in [9.17, 15) is 0 Å². The van der Waals surface area contributed by atoms with Crippen molar-refractivity contribution in [3.05, 3.63) is 30.2 Å². The zero-order chi connectivity index (χ0) is 13.7. The molecule has 0 bridgehead atoms. The maximum Gasteiger partial charge on any atom is 0.216 e. The lowest BCUT2D eigenvalue weighted by molar-refractivity contribution is 0.393. The fraction of sp³-hybridized carbons (Fsp3) is 0.500. The molecule has 1 N–H and O–H groups in total.